The molecule has 0 radical (unpaired) electrons. The molecular weight excluding hydrogens is 362 g/mol. The highest BCUT2D eigenvalue weighted by Crippen LogP contribution is 2.22. The predicted molar refractivity (Wildman–Crippen MR) is 102 cm³/mol. The van der Waals surface area contributed by atoms with Crippen molar-refractivity contribution in [2.24, 2.45) is 0 Å². The minimum absolute atomic E-state index is 0.148. The Morgan fingerprint density at radius 3 is 2.57 bits per heavy atom. The van der Waals surface area contributed by atoms with Crippen molar-refractivity contribution in [3.05, 3.63) is 42.7 Å². The number of aliphatic hydroxyl groups is 1. The van der Waals surface area contributed by atoms with Gasteiger partial charge >= 0.3 is 0 Å². The Kier molecular flexibility index (Phi) is 5.74. The molecule has 0 bridgehead atoms. The van der Waals surface area contributed by atoms with Crippen LogP contribution < -0.4 is 10.6 Å². The van der Waals surface area contributed by atoms with E-state index in [0.717, 1.165) is 0 Å². The highest BCUT2D eigenvalue weighted by atomic mass is 16.3. The van der Waals surface area contributed by atoms with E-state index in [1.165, 1.54) is 11.8 Å². The van der Waals surface area contributed by atoms with Crippen LogP contribution in [0.5, 0.6) is 0 Å². The molecule has 1 aliphatic rings. The predicted octanol–water partition coefficient (Wildman–Crippen LogP) is 1.00. The van der Waals surface area contributed by atoms with Crippen molar-refractivity contribution < 1.29 is 19.5 Å². The van der Waals surface area contributed by atoms with E-state index >= 15 is 0 Å². The van der Waals surface area contributed by atoms with Gasteiger partial charge in [-0.05, 0) is 31.2 Å². The number of anilines is 2. The molecule has 148 valence electrons. The molecule has 0 aliphatic carbocycles. The third kappa shape index (κ3) is 4.37. The second-order valence-electron chi connectivity index (χ2n) is 6.80. The highest BCUT2D eigenvalue weighted by Gasteiger charge is 2.37. The standard InChI is InChI=1S/C19H23N5O4/c1-12(24-8-4-7-20-24)18(27)21-14-5-3-6-15(9-14)22-19(28)17-10-16(26)11-23(17)13(2)25/h3-9,12,16-17,26H,10-11H2,1-2H3,(H,21,27)(H,22,28)/t12?,16-,17-/m1/s1. The minimum Gasteiger partial charge on any atom is -0.391 e. The lowest BCUT2D eigenvalue weighted by Crippen LogP contribution is -2.42. The number of rotatable bonds is 5. The van der Waals surface area contributed by atoms with Gasteiger partial charge in [0.05, 0.1) is 6.10 Å². The summed E-state index contributed by atoms with van der Waals surface area (Å²) in [6.45, 7) is 3.25. The molecule has 1 aromatic carbocycles. The first kappa shape index (κ1) is 19.6. The maximum Gasteiger partial charge on any atom is 0.248 e. The van der Waals surface area contributed by atoms with E-state index in [-0.39, 0.29) is 30.7 Å². The fraction of sp³-hybridized carbons (Fsp3) is 0.368. The Morgan fingerprint density at radius 2 is 1.93 bits per heavy atom. The number of amides is 3. The average Bonchev–Trinajstić information content (AvgIpc) is 3.31. The summed E-state index contributed by atoms with van der Waals surface area (Å²) in [6, 6.07) is 7.27. The molecule has 3 N–H and O–H groups in total. The van der Waals surface area contributed by atoms with Crippen LogP contribution in [-0.2, 0) is 14.4 Å². The van der Waals surface area contributed by atoms with Crippen LogP contribution in [0.15, 0.2) is 42.7 Å². The van der Waals surface area contributed by atoms with Crippen molar-refractivity contribution in [1.29, 1.82) is 0 Å². The van der Waals surface area contributed by atoms with Crippen LogP contribution in [0.1, 0.15) is 26.3 Å². The lowest BCUT2D eigenvalue weighted by atomic mass is 10.1. The summed E-state index contributed by atoms with van der Waals surface area (Å²) >= 11 is 0. The number of β-amino-alcohol motifs (C(OH)–C–C–N with tert-alkyl or cyclic N) is 1. The van der Waals surface area contributed by atoms with Crippen molar-refractivity contribution in [2.45, 2.75) is 38.5 Å². The van der Waals surface area contributed by atoms with Gasteiger partial charge in [0.15, 0.2) is 0 Å². The van der Waals surface area contributed by atoms with E-state index in [4.69, 9.17) is 0 Å². The fourth-order valence-electron chi connectivity index (χ4n) is 3.19. The first-order valence-electron chi connectivity index (χ1n) is 9.01. The van der Waals surface area contributed by atoms with Gasteiger partial charge in [0.2, 0.25) is 17.7 Å². The van der Waals surface area contributed by atoms with E-state index < -0.39 is 18.2 Å². The molecule has 3 rings (SSSR count). The third-order valence-corrected chi connectivity index (χ3v) is 4.68. The summed E-state index contributed by atoms with van der Waals surface area (Å²) in [7, 11) is 0. The second-order valence-corrected chi connectivity index (χ2v) is 6.80. The molecule has 1 aliphatic heterocycles. The van der Waals surface area contributed by atoms with Crippen LogP contribution in [0.2, 0.25) is 0 Å². The van der Waals surface area contributed by atoms with Gasteiger partial charge in [-0.1, -0.05) is 6.07 Å². The average molecular weight is 385 g/mol. The summed E-state index contributed by atoms with van der Waals surface area (Å²) in [5, 5.41) is 19.4. The number of nitrogens with one attached hydrogen (secondary N) is 2. The monoisotopic (exact) mass is 385 g/mol. The first-order valence-corrected chi connectivity index (χ1v) is 9.01. The summed E-state index contributed by atoms with van der Waals surface area (Å²) in [5.41, 5.74) is 1.01. The number of carbonyl (C=O) groups is 3. The molecule has 1 aromatic heterocycles. The lowest BCUT2D eigenvalue weighted by molar-refractivity contribution is -0.134. The van der Waals surface area contributed by atoms with Gasteiger partial charge in [0.1, 0.15) is 12.1 Å². The number of hydrogen-bond donors (Lipinski definition) is 3. The van der Waals surface area contributed by atoms with Gasteiger partial charge in [0, 0.05) is 43.7 Å². The van der Waals surface area contributed by atoms with Gasteiger partial charge < -0.3 is 20.6 Å². The van der Waals surface area contributed by atoms with Crippen molar-refractivity contribution >= 4 is 29.1 Å². The summed E-state index contributed by atoms with van der Waals surface area (Å²) in [5.74, 6) is -0.876. The van der Waals surface area contributed by atoms with E-state index in [1.54, 1.807) is 54.3 Å². The number of carbonyl (C=O) groups excluding carboxylic acids is 3. The van der Waals surface area contributed by atoms with E-state index in [9.17, 15) is 19.5 Å². The molecule has 3 atom stereocenters. The maximum atomic E-state index is 12.6. The van der Waals surface area contributed by atoms with Crippen LogP contribution in [0.3, 0.4) is 0 Å². The topological polar surface area (TPSA) is 117 Å². The maximum absolute atomic E-state index is 12.6. The zero-order valence-electron chi connectivity index (χ0n) is 15.7. The normalized spacial score (nSPS) is 19.9. The molecule has 3 amide bonds. The number of nitrogens with zero attached hydrogens (tertiary/aromatic N) is 3. The second kappa shape index (κ2) is 8.22. The molecule has 28 heavy (non-hydrogen) atoms. The zero-order valence-corrected chi connectivity index (χ0v) is 15.7. The van der Waals surface area contributed by atoms with Crippen LogP contribution >= 0.6 is 0 Å². The Balaban J connectivity index is 1.65. The van der Waals surface area contributed by atoms with Crippen molar-refractivity contribution in [2.75, 3.05) is 17.2 Å². The number of hydrogen-bond acceptors (Lipinski definition) is 5. The summed E-state index contributed by atoms with van der Waals surface area (Å²) < 4.78 is 1.54. The lowest BCUT2D eigenvalue weighted by Gasteiger charge is -2.22. The van der Waals surface area contributed by atoms with E-state index in [1.807, 2.05) is 0 Å². The highest BCUT2D eigenvalue weighted by molar-refractivity contribution is 5.98. The Morgan fingerprint density at radius 1 is 1.21 bits per heavy atom. The van der Waals surface area contributed by atoms with Gasteiger partial charge in [-0.3, -0.25) is 19.1 Å². The quantitative estimate of drug-likeness (QED) is 0.710. The molecule has 0 spiro atoms. The molecule has 9 heteroatoms. The van der Waals surface area contributed by atoms with Crippen LogP contribution in [0.4, 0.5) is 11.4 Å². The van der Waals surface area contributed by atoms with Crippen LogP contribution in [0.25, 0.3) is 0 Å². The smallest absolute Gasteiger partial charge is 0.248 e. The van der Waals surface area contributed by atoms with Gasteiger partial charge in [-0.25, -0.2) is 0 Å². The molecule has 2 heterocycles. The Bertz CT molecular complexity index is 867. The third-order valence-electron chi connectivity index (χ3n) is 4.68. The van der Waals surface area contributed by atoms with Crippen LogP contribution in [-0.4, -0.2) is 56.2 Å². The van der Waals surface area contributed by atoms with Crippen molar-refractivity contribution in [3.63, 3.8) is 0 Å². The van der Waals surface area contributed by atoms with E-state index in [0.29, 0.717) is 11.4 Å². The number of aliphatic hydroxyl groups excluding tert-OH is 1. The van der Waals surface area contributed by atoms with Gasteiger partial charge in [-0.15, -0.1) is 0 Å². The Labute approximate surface area is 162 Å². The molecule has 0 saturated carbocycles. The number of aromatic nitrogens is 2. The molecule has 9 nitrogen and oxygen atoms in total. The van der Waals surface area contributed by atoms with E-state index in [2.05, 4.69) is 15.7 Å². The van der Waals surface area contributed by atoms with Crippen molar-refractivity contribution in [3.8, 4) is 0 Å². The number of benzene rings is 1. The largest absolute Gasteiger partial charge is 0.391 e. The zero-order chi connectivity index (χ0) is 20.3. The molecule has 2 aromatic rings. The molecular formula is C19H23N5O4. The minimum atomic E-state index is -0.717. The SMILES string of the molecule is CC(=O)N1C[C@H](O)C[C@@H]1C(=O)Nc1cccc(NC(=O)C(C)n2cccn2)c1. The van der Waals surface area contributed by atoms with Crippen molar-refractivity contribution in [1.82, 2.24) is 14.7 Å². The molecule has 1 fully saturated rings. The fourth-order valence-corrected chi connectivity index (χ4v) is 3.19. The Hall–Kier alpha value is -3.20. The van der Waals surface area contributed by atoms with Gasteiger partial charge in [-0.2, -0.15) is 5.10 Å². The molecule has 1 saturated heterocycles. The van der Waals surface area contributed by atoms with Crippen LogP contribution in [0, 0.1) is 0 Å². The molecule has 1 unspecified atom stereocenters. The number of likely N-dealkylation sites (tertiary alicyclic amines) is 1. The summed E-state index contributed by atoms with van der Waals surface area (Å²) in [6.07, 6.45) is 2.79. The van der Waals surface area contributed by atoms with Gasteiger partial charge in [0.25, 0.3) is 0 Å². The first-order chi connectivity index (χ1) is 13.3. The summed E-state index contributed by atoms with van der Waals surface area (Å²) in [4.78, 5) is 38.0.